The van der Waals surface area contributed by atoms with E-state index in [0.717, 1.165) is 30.2 Å². The summed E-state index contributed by atoms with van der Waals surface area (Å²) < 4.78 is 0. The topological polar surface area (TPSA) is 58.1 Å². The number of nitrogens with one attached hydrogen (secondary N) is 1. The third-order valence-corrected chi connectivity index (χ3v) is 3.62. The van der Waals surface area contributed by atoms with Crippen molar-refractivity contribution in [3.8, 4) is 0 Å². The molecule has 3 rings (SSSR count). The summed E-state index contributed by atoms with van der Waals surface area (Å²) >= 11 is 0. The third-order valence-electron chi connectivity index (χ3n) is 3.62. The minimum absolute atomic E-state index is 0.207. The monoisotopic (exact) mass is 282 g/mol. The van der Waals surface area contributed by atoms with E-state index in [2.05, 4.69) is 20.2 Å². The SMILES string of the molecule is Cc1ccc(NC(=O)c2cc(N3CCCC3)ncn2)cc1. The van der Waals surface area contributed by atoms with Crippen LogP contribution in [0, 0.1) is 6.92 Å². The number of nitrogens with zero attached hydrogens (tertiary/aromatic N) is 3. The molecule has 1 amide bonds. The fraction of sp³-hybridized carbons (Fsp3) is 0.312. The van der Waals surface area contributed by atoms with Crippen molar-refractivity contribution < 1.29 is 4.79 Å². The van der Waals surface area contributed by atoms with Crippen molar-refractivity contribution >= 4 is 17.4 Å². The number of anilines is 2. The molecule has 0 bridgehead atoms. The van der Waals surface area contributed by atoms with Crippen molar-refractivity contribution in [2.24, 2.45) is 0 Å². The molecule has 0 atom stereocenters. The molecular formula is C16H18N4O. The largest absolute Gasteiger partial charge is 0.357 e. The van der Waals surface area contributed by atoms with E-state index < -0.39 is 0 Å². The smallest absolute Gasteiger partial charge is 0.274 e. The molecule has 1 aliphatic heterocycles. The Balaban J connectivity index is 1.74. The quantitative estimate of drug-likeness (QED) is 0.940. The van der Waals surface area contributed by atoms with E-state index in [1.165, 1.54) is 19.2 Å². The first-order valence-corrected chi connectivity index (χ1v) is 7.17. The molecular weight excluding hydrogens is 264 g/mol. The Morgan fingerprint density at radius 3 is 2.57 bits per heavy atom. The summed E-state index contributed by atoms with van der Waals surface area (Å²) in [6.07, 6.45) is 3.81. The highest BCUT2D eigenvalue weighted by molar-refractivity contribution is 6.03. The number of aromatic nitrogens is 2. The fourth-order valence-electron chi connectivity index (χ4n) is 2.42. The van der Waals surface area contributed by atoms with Crippen molar-refractivity contribution in [2.75, 3.05) is 23.3 Å². The van der Waals surface area contributed by atoms with Gasteiger partial charge >= 0.3 is 0 Å². The van der Waals surface area contributed by atoms with E-state index in [0.29, 0.717) is 5.69 Å². The molecule has 0 saturated carbocycles. The molecule has 0 aliphatic carbocycles. The number of hydrogen-bond donors (Lipinski definition) is 1. The first-order chi connectivity index (χ1) is 10.2. The van der Waals surface area contributed by atoms with Gasteiger partial charge in [-0.25, -0.2) is 9.97 Å². The van der Waals surface area contributed by atoms with Gasteiger partial charge in [-0.1, -0.05) is 17.7 Å². The minimum atomic E-state index is -0.207. The maximum atomic E-state index is 12.2. The van der Waals surface area contributed by atoms with Crippen LogP contribution in [0.5, 0.6) is 0 Å². The highest BCUT2D eigenvalue weighted by Crippen LogP contribution is 2.18. The molecule has 1 aromatic carbocycles. The molecule has 108 valence electrons. The standard InChI is InChI=1S/C16H18N4O/c1-12-4-6-13(7-5-12)19-16(21)14-10-15(18-11-17-14)20-8-2-3-9-20/h4-7,10-11H,2-3,8-9H2,1H3,(H,19,21). The van der Waals surface area contributed by atoms with E-state index in [1.54, 1.807) is 6.07 Å². The van der Waals surface area contributed by atoms with Crippen LogP contribution < -0.4 is 10.2 Å². The molecule has 1 aliphatic rings. The normalized spacial score (nSPS) is 14.2. The van der Waals surface area contributed by atoms with Gasteiger partial charge in [-0.15, -0.1) is 0 Å². The Morgan fingerprint density at radius 2 is 1.86 bits per heavy atom. The van der Waals surface area contributed by atoms with Crippen molar-refractivity contribution in [1.29, 1.82) is 0 Å². The molecule has 1 aromatic heterocycles. The maximum absolute atomic E-state index is 12.2. The van der Waals surface area contributed by atoms with E-state index in [9.17, 15) is 4.79 Å². The van der Waals surface area contributed by atoms with Crippen LogP contribution in [0.4, 0.5) is 11.5 Å². The van der Waals surface area contributed by atoms with Crippen molar-refractivity contribution in [1.82, 2.24) is 9.97 Å². The van der Waals surface area contributed by atoms with Gasteiger partial charge in [0, 0.05) is 24.8 Å². The number of rotatable bonds is 3. The van der Waals surface area contributed by atoms with Crippen LogP contribution in [-0.4, -0.2) is 29.0 Å². The second-order valence-corrected chi connectivity index (χ2v) is 5.28. The second-order valence-electron chi connectivity index (χ2n) is 5.28. The summed E-state index contributed by atoms with van der Waals surface area (Å²) in [4.78, 5) is 22.8. The average Bonchev–Trinajstić information content (AvgIpc) is 3.04. The van der Waals surface area contributed by atoms with Crippen LogP contribution in [-0.2, 0) is 0 Å². The zero-order valence-corrected chi connectivity index (χ0v) is 12.0. The molecule has 0 spiro atoms. The lowest BCUT2D eigenvalue weighted by atomic mass is 10.2. The number of aryl methyl sites for hydroxylation is 1. The van der Waals surface area contributed by atoms with Crippen molar-refractivity contribution in [3.05, 3.63) is 47.9 Å². The Labute approximate surface area is 124 Å². The van der Waals surface area contributed by atoms with Crippen LogP contribution in [0.3, 0.4) is 0 Å². The van der Waals surface area contributed by atoms with Gasteiger partial charge in [0.05, 0.1) is 0 Å². The number of hydrogen-bond acceptors (Lipinski definition) is 4. The number of benzene rings is 1. The van der Waals surface area contributed by atoms with E-state index in [-0.39, 0.29) is 5.91 Å². The lowest BCUT2D eigenvalue weighted by Gasteiger charge is -2.16. The van der Waals surface area contributed by atoms with Crippen LogP contribution in [0.1, 0.15) is 28.9 Å². The average molecular weight is 282 g/mol. The first kappa shape index (κ1) is 13.5. The fourth-order valence-corrected chi connectivity index (χ4v) is 2.42. The summed E-state index contributed by atoms with van der Waals surface area (Å²) in [6, 6.07) is 9.46. The van der Waals surface area contributed by atoms with Gasteiger partial charge in [-0.2, -0.15) is 0 Å². The number of carbonyl (C=O) groups excluding carboxylic acids is 1. The molecule has 5 nitrogen and oxygen atoms in total. The maximum Gasteiger partial charge on any atom is 0.274 e. The van der Waals surface area contributed by atoms with Gasteiger partial charge < -0.3 is 10.2 Å². The Kier molecular flexibility index (Phi) is 3.81. The van der Waals surface area contributed by atoms with Gasteiger partial charge in [-0.05, 0) is 31.9 Å². The highest BCUT2D eigenvalue weighted by atomic mass is 16.1. The first-order valence-electron chi connectivity index (χ1n) is 7.17. The van der Waals surface area contributed by atoms with Gasteiger partial charge in [0.2, 0.25) is 0 Å². The molecule has 0 radical (unpaired) electrons. The third kappa shape index (κ3) is 3.18. The van der Waals surface area contributed by atoms with Gasteiger partial charge in [0.25, 0.3) is 5.91 Å². The molecule has 2 aromatic rings. The van der Waals surface area contributed by atoms with Crippen LogP contribution in [0.2, 0.25) is 0 Å². The summed E-state index contributed by atoms with van der Waals surface area (Å²) in [5, 5.41) is 2.86. The second kappa shape index (κ2) is 5.91. The molecule has 21 heavy (non-hydrogen) atoms. The molecule has 1 saturated heterocycles. The highest BCUT2D eigenvalue weighted by Gasteiger charge is 2.16. The van der Waals surface area contributed by atoms with Crippen LogP contribution in [0.15, 0.2) is 36.7 Å². The Morgan fingerprint density at radius 1 is 1.14 bits per heavy atom. The predicted octanol–water partition coefficient (Wildman–Crippen LogP) is 2.64. The van der Waals surface area contributed by atoms with Crippen LogP contribution >= 0.6 is 0 Å². The van der Waals surface area contributed by atoms with Crippen molar-refractivity contribution in [2.45, 2.75) is 19.8 Å². The predicted molar refractivity (Wildman–Crippen MR) is 82.6 cm³/mol. The lowest BCUT2D eigenvalue weighted by molar-refractivity contribution is 0.102. The number of carbonyl (C=O) groups is 1. The van der Waals surface area contributed by atoms with Crippen molar-refractivity contribution in [3.63, 3.8) is 0 Å². The summed E-state index contributed by atoms with van der Waals surface area (Å²) in [7, 11) is 0. The zero-order valence-electron chi connectivity index (χ0n) is 12.0. The molecule has 1 fully saturated rings. The van der Waals surface area contributed by atoms with E-state index >= 15 is 0 Å². The summed E-state index contributed by atoms with van der Waals surface area (Å²) in [5.74, 6) is 0.623. The van der Waals surface area contributed by atoms with E-state index in [4.69, 9.17) is 0 Å². The minimum Gasteiger partial charge on any atom is -0.357 e. The van der Waals surface area contributed by atoms with Gasteiger partial charge in [0.1, 0.15) is 17.8 Å². The summed E-state index contributed by atoms with van der Waals surface area (Å²) in [6.45, 7) is 4.00. The molecule has 0 unspecified atom stereocenters. The lowest BCUT2D eigenvalue weighted by Crippen LogP contribution is -2.21. The molecule has 1 N–H and O–H groups in total. The van der Waals surface area contributed by atoms with E-state index in [1.807, 2.05) is 31.2 Å². The summed E-state index contributed by atoms with van der Waals surface area (Å²) in [5.41, 5.74) is 2.32. The number of amides is 1. The van der Waals surface area contributed by atoms with Crippen LogP contribution in [0.25, 0.3) is 0 Å². The molecule has 2 heterocycles. The Bertz CT molecular complexity index is 633. The zero-order chi connectivity index (χ0) is 14.7. The Hall–Kier alpha value is -2.43. The van der Waals surface area contributed by atoms with Gasteiger partial charge in [0.15, 0.2) is 0 Å². The van der Waals surface area contributed by atoms with Gasteiger partial charge in [-0.3, -0.25) is 4.79 Å². The molecule has 5 heteroatoms.